The highest BCUT2D eigenvalue weighted by atomic mass is 35.5. The monoisotopic (exact) mass is 566 g/mol. The van der Waals surface area contributed by atoms with Gasteiger partial charge in [0.05, 0.1) is 12.8 Å². The van der Waals surface area contributed by atoms with Crippen LogP contribution in [-0.2, 0) is 6.42 Å². The van der Waals surface area contributed by atoms with Crippen molar-refractivity contribution >= 4 is 45.5 Å². The van der Waals surface area contributed by atoms with Crippen molar-refractivity contribution in [3.05, 3.63) is 101 Å². The summed E-state index contributed by atoms with van der Waals surface area (Å²) in [6.07, 6.45) is 8.30. The van der Waals surface area contributed by atoms with Crippen LogP contribution in [0.3, 0.4) is 0 Å². The van der Waals surface area contributed by atoms with E-state index < -0.39 is 0 Å². The maximum atomic E-state index is 13.1. The van der Waals surface area contributed by atoms with E-state index in [0.29, 0.717) is 36.2 Å². The summed E-state index contributed by atoms with van der Waals surface area (Å²) in [6.45, 7) is 5.59. The summed E-state index contributed by atoms with van der Waals surface area (Å²) in [5, 5.41) is 7.14. The lowest BCUT2D eigenvalue weighted by atomic mass is 9.84. The van der Waals surface area contributed by atoms with E-state index in [4.69, 9.17) is 21.3 Å². The number of piperazine rings is 1. The molecule has 1 aromatic heterocycles. The molecule has 9 heteroatoms. The van der Waals surface area contributed by atoms with Crippen LogP contribution >= 0.6 is 11.6 Å². The van der Waals surface area contributed by atoms with Crippen LogP contribution in [0.15, 0.2) is 83.6 Å². The molecule has 0 radical (unpaired) electrons. The first kappa shape index (κ1) is 26.9. The van der Waals surface area contributed by atoms with E-state index >= 15 is 0 Å². The van der Waals surface area contributed by atoms with Crippen LogP contribution in [-0.4, -0.2) is 58.2 Å². The zero-order valence-electron chi connectivity index (χ0n) is 23.2. The number of amides is 1. The number of aromatic nitrogens is 2. The van der Waals surface area contributed by atoms with Crippen LogP contribution in [0.2, 0.25) is 0 Å². The van der Waals surface area contributed by atoms with Crippen LogP contribution in [0.25, 0.3) is 11.1 Å². The smallest absolute Gasteiger partial charge is 0.253 e. The highest BCUT2D eigenvalue weighted by Gasteiger charge is 2.27. The molecule has 2 unspecified atom stereocenters. The molecule has 2 atom stereocenters. The quantitative estimate of drug-likeness (QED) is 0.417. The number of nitrogens with zero attached hydrogens (tertiary/aromatic N) is 4. The van der Waals surface area contributed by atoms with Crippen LogP contribution in [0, 0.1) is 0 Å². The molecule has 6 rings (SSSR count). The minimum Gasteiger partial charge on any atom is -0.496 e. The van der Waals surface area contributed by atoms with Gasteiger partial charge in [-0.25, -0.2) is 15.0 Å². The maximum Gasteiger partial charge on any atom is 0.253 e. The van der Waals surface area contributed by atoms with E-state index in [9.17, 15) is 4.79 Å². The third-order valence-corrected chi connectivity index (χ3v) is 7.64. The number of carbonyl (C=O) groups excluding carboxylic acids is 1. The number of para-hydroxylation sites is 1. The summed E-state index contributed by atoms with van der Waals surface area (Å²) >= 11 is 6.48. The number of fused-ring (bicyclic) bond motifs is 3. The predicted octanol–water partition coefficient (Wildman–Crippen LogP) is 5.61. The molecular formula is C32H31ClN6O2. The first-order chi connectivity index (χ1) is 19.9. The van der Waals surface area contributed by atoms with E-state index in [1.54, 1.807) is 13.3 Å². The number of ether oxygens (including phenoxy) is 1. The topological polar surface area (TPSA) is 91.7 Å². The van der Waals surface area contributed by atoms with Gasteiger partial charge >= 0.3 is 0 Å². The van der Waals surface area contributed by atoms with Gasteiger partial charge in [-0.15, -0.1) is 0 Å². The second kappa shape index (κ2) is 11.3. The molecule has 0 bridgehead atoms. The number of hydrogen-bond donors (Lipinski definition) is 2. The largest absolute Gasteiger partial charge is 0.496 e. The van der Waals surface area contributed by atoms with Gasteiger partial charge in [0.2, 0.25) is 5.95 Å². The van der Waals surface area contributed by atoms with Gasteiger partial charge in [0, 0.05) is 65.5 Å². The molecule has 3 heterocycles. The van der Waals surface area contributed by atoms with Crippen molar-refractivity contribution in [2.45, 2.75) is 32.4 Å². The summed E-state index contributed by atoms with van der Waals surface area (Å²) in [4.78, 5) is 28.9. The Bertz CT molecular complexity index is 1620. The lowest BCUT2D eigenvalue weighted by molar-refractivity contribution is 0.0674. The van der Waals surface area contributed by atoms with Gasteiger partial charge in [-0.1, -0.05) is 35.9 Å². The van der Waals surface area contributed by atoms with Gasteiger partial charge in [-0.3, -0.25) is 4.79 Å². The second-order valence-electron chi connectivity index (χ2n) is 10.5. The summed E-state index contributed by atoms with van der Waals surface area (Å²) in [7, 11) is 1.66. The standard InChI is InChI=1S/C32H31ClN6O2/c1-19-17-39(18-20(2)36-19)31(40)21-8-11-23(12-9-21)37-32-35-15-22-10-13-24-26(25-6-4-5-7-28(25)41-3)14-29(33)34-16-27(24)30(22)38-32/h4-9,11-16,19-20,36H,10,17-18H2,1-3H3,(H,35,37,38). The van der Waals surface area contributed by atoms with Gasteiger partial charge in [-0.2, -0.15) is 0 Å². The maximum absolute atomic E-state index is 13.1. The normalized spacial score (nSPS) is 20.0. The van der Waals surface area contributed by atoms with E-state index in [2.05, 4.69) is 40.5 Å². The zero-order valence-corrected chi connectivity index (χ0v) is 23.9. The first-order valence-electron chi connectivity index (χ1n) is 13.7. The lowest BCUT2D eigenvalue weighted by Crippen LogP contribution is -2.55. The molecule has 208 valence electrons. The average molecular weight is 567 g/mol. The van der Waals surface area contributed by atoms with E-state index in [1.165, 1.54) is 0 Å². The third-order valence-electron chi connectivity index (χ3n) is 7.44. The average Bonchev–Trinajstić information content (AvgIpc) is 3.15. The number of allylic oxidation sites excluding steroid dienone is 5. The number of nitrogens with one attached hydrogen (secondary N) is 2. The van der Waals surface area contributed by atoms with Gasteiger partial charge in [0.1, 0.15) is 10.9 Å². The van der Waals surface area contributed by atoms with Gasteiger partial charge in [-0.05, 0) is 67.8 Å². The summed E-state index contributed by atoms with van der Waals surface area (Å²) in [5.41, 5.74) is 6.95. The Morgan fingerprint density at radius 2 is 1.80 bits per heavy atom. The van der Waals surface area contributed by atoms with Crippen molar-refractivity contribution in [3.8, 4) is 5.75 Å². The second-order valence-corrected chi connectivity index (χ2v) is 10.9. The van der Waals surface area contributed by atoms with Crippen molar-refractivity contribution in [1.82, 2.24) is 20.2 Å². The van der Waals surface area contributed by atoms with Gasteiger partial charge < -0.3 is 20.3 Å². The van der Waals surface area contributed by atoms with Crippen LogP contribution in [0.4, 0.5) is 11.6 Å². The van der Waals surface area contributed by atoms with E-state index in [-0.39, 0.29) is 18.0 Å². The molecule has 1 saturated heterocycles. The molecule has 2 aliphatic heterocycles. The molecule has 0 spiro atoms. The number of methoxy groups -OCH3 is 1. The van der Waals surface area contributed by atoms with Crippen molar-refractivity contribution < 1.29 is 9.53 Å². The third kappa shape index (κ3) is 5.53. The molecule has 2 N–H and O–H groups in total. The number of carbonyl (C=O) groups is 1. The Hall–Kier alpha value is -4.27. The number of halogens is 1. The molecule has 3 aliphatic rings. The summed E-state index contributed by atoms with van der Waals surface area (Å²) < 4.78 is 5.64. The van der Waals surface area contributed by atoms with Crippen molar-refractivity contribution in [1.29, 1.82) is 0 Å². The fraction of sp³-hybridized carbons (Fsp3) is 0.250. The van der Waals surface area contributed by atoms with Crippen molar-refractivity contribution in [2.75, 3.05) is 25.5 Å². The molecule has 41 heavy (non-hydrogen) atoms. The predicted molar refractivity (Wildman–Crippen MR) is 164 cm³/mol. The molecule has 2 aromatic carbocycles. The molecule has 0 saturated carbocycles. The van der Waals surface area contributed by atoms with Crippen LogP contribution in [0.1, 0.15) is 41.0 Å². The Morgan fingerprint density at radius 3 is 2.56 bits per heavy atom. The molecule has 1 amide bonds. The molecular weight excluding hydrogens is 536 g/mol. The Labute approximate surface area is 244 Å². The number of aliphatic imine (C=N–C) groups is 1. The fourth-order valence-electron chi connectivity index (χ4n) is 5.64. The van der Waals surface area contributed by atoms with Crippen LogP contribution < -0.4 is 15.4 Å². The number of hydrogen-bond acceptors (Lipinski definition) is 7. The molecule has 3 aromatic rings. The summed E-state index contributed by atoms with van der Waals surface area (Å²) in [6, 6.07) is 15.9. The fourth-order valence-corrected chi connectivity index (χ4v) is 5.79. The molecule has 1 fully saturated rings. The number of benzene rings is 2. The Balaban J connectivity index is 1.25. The number of anilines is 2. The number of rotatable bonds is 5. The zero-order chi connectivity index (χ0) is 28.5. The first-order valence-corrected chi connectivity index (χ1v) is 14.1. The van der Waals surface area contributed by atoms with Gasteiger partial charge in [0.25, 0.3) is 5.91 Å². The van der Waals surface area contributed by atoms with Crippen molar-refractivity contribution in [3.63, 3.8) is 0 Å². The lowest BCUT2D eigenvalue weighted by Gasteiger charge is -2.36. The SMILES string of the molecule is COc1ccccc1C1=CC(Cl)=NC=C2C1=CCc1cnc(Nc3ccc(C(=O)N4CC(C)NC(C)C4)cc3)nc12. The van der Waals surface area contributed by atoms with Crippen molar-refractivity contribution in [2.24, 2.45) is 4.99 Å². The Kier molecular flexibility index (Phi) is 7.43. The Morgan fingerprint density at radius 1 is 1.05 bits per heavy atom. The highest BCUT2D eigenvalue weighted by molar-refractivity contribution is 6.69. The summed E-state index contributed by atoms with van der Waals surface area (Å²) in [5.74, 6) is 1.25. The minimum absolute atomic E-state index is 0.0412. The molecule has 1 aliphatic carbocycles. The minimum atomic E-state index is 0.0412. The van der Waals surface area contributed by atoms with E-state index in [0.717, 1.165) is 45.0 Å². The van der Waals surface area contributed by atoms with E-state index in [1.807, 2.05) is 65.7 Å². The van der Waals surface area contributed by atoms with Crippen LogP contribution in [0.5, 0.6) is 5.75 Å². The van der Waals surface area contributed by atoms with Gasteiger partial charge in [0.15, 0.2) is 0 Å². The molecule has 8 nitrogen and oxygen atoms in total. The highest BCUT2D eigenvalue weighted by Crippen LogP contribution is 2.42.